The van der Waals surface area contributed by atoms with Crippen LogP contribution in [-0.2, 0) is 14.4 Å². The van der Waals surface area contributed by atoms with Gasteiger partial charge in [0, 0.05) is 12.6 Å². The van der Waals surface area contributed by atoms with Gasteiger partial charge in [0.2, 0.25) is 17.7 Å². The molecular formula is C14H11N3O5. The number of imide groups is 2. The standard InChI is InChI=1S/C14H11N3O5/c1-6(18)15-7-2-3-8-9(4-7)14(22)17(13(8)21)10-5-11(19)16-12(10)20/h2-4,10H,5H2,1H3,(H,15,18)(H,16,19,20). The van der Waals surface area contributed by atoms with Gasteiger partial charge in [0.1, 0.15) is 6.04 Å². The van der Waals surface area contributed by atoms with Crippen LogP contribution >= 0.6 is 0 Å². The van der Waals surface area contributed by atoms with Gasteiger partial charge in [-0.05, 0) is 18.2 Å². The van der Waals surface area contributed by atoms with Crippen LogP contribution in [0.15, 0.2) is 18.2 Å². The Hall–Kier alpha value is -3.03. The zero-order chi connectivity index (χ0) is 16.0. The second kappa shape index (κ2) is 4.76. The molecule has 1 saturated heterocycles. The summed E-state index contributed by atoms with van der Waals surface area (Å²) in [5.41, 5.74) is 0.621. The van der Waals surface area contributed by atoms with Crippen molar-refractivity contribution in [3.05, 3.63) is 29.3 Å². The summed E-state index contributed by atoms with van der Waals surface area (Å²) in [6.07, 6.45) is -0.233. The van der Waals surface area contributed by atoms with Gasteiger partial charge in [0.15, 0.2) is 0 Å². The SMILES string of the molecule is CC(=O)Nc1ccc2c(c1)C(=O)N(C1CC(=O)NC1=O)C2=O. The molecule has 1 unspecified atom stereocenters. The van der Waals surface area contributed by atoms with E-state index in [4.69, 9.17) is 0 Å². The first-order chi connectivity index (χ1) is 10.4. The monoisotopic (exact) mass is 301 g/mol. The number of rotatable bonds is 2. The molecule has 8 nitrogen and oxygen atoms in total. The van der Waals surface area contributed by atoms with Gasteiger partial charge in [-0.1, -0.05) is 0 Å². The average molecular weight is 301 g/mol. The highest BCUT2D eigenvalue weighted by atomic mass is 16.2. The molecule has 112 valence electrons. The van der Waals surface area contributed by atoms with E-state index in [1.165, 1.54) is 25.1 Å². The number of hydrogen-bond donors (Lipinski definition) is 2. The fourth-order valence-corrected chi connectivity index (χ4v) is 2.57. The van der Waals surface area contributed by atoms with E-state index in [2.05, 4.69) is 10.6 Å². The first kappa shape index (κ1) is 13.9. The van der Waals surface area contributed by atoms with E-state index in [0.29, 0.717) is 5.69 Å². The molecule has 2 heterocycles. The van der Waals surface area contributed by atoms with Crippen molar-refractivity contribution in [1.82, 2.24) is 10.2 Å². The molecule has 0 spiro atoms. The molecule has 1 fully saturated rings. The molecule has 0 bridgehead atoms. The van der Waals surface area contributed by atoms with Gasteiger partial charge < -0.3 is 5.32 Å². The third kappa shape index (κ3) is 2.05. The molecule has 2 N–H and O–H groups in total. The molecule has 0 saturated carbocycles. The lowest BCUT2D eigenvalue weighted by molar-refractivity contribution is -0.126. The Balaban J connectivity index is 1.96. The van der Waals surface area contributed by atoms with Gasteiger partial charge in [-0.25, -0.2) is 0 Å². The third-order valence-electron chi connectivity index (χ3n) is 3.49. The van der Waals surface area contributed by atoms with Gasteiger partial charge in [-0.2, -0.15) is 0 Å². The zero-order valence-electron chi connectivity index (χ0n) is 11.5. The lowest BCUT2D eigenvalue weighted by Gasteiger charge is -2.18. The normalized spacial score (nSPS) is 20.2. The number of anilines is 1. The summed E-state index contributed by atoms with van der Waals surface area (Å²) in [6, 6.07) is 3.17. The quantitative estimate of drug-likeness (QED) is 0.725. The minimum absolute atomic E-state index is 0.100. The summed E-state index contributed by atoms with van der Waals surface area (Å²) in [7, 11) is 0. The summed E-state index contributed by atoms with van der Waals surface area (Å²) < 4.78 is 0. The first-order valence-electron chi connectivity index (χ1n) is 6.51. The van der Waals surface area contributed by atoms with Crippen molar-refractivity contribution in [1.29, 1.82) is 0 Å². The zero-order valence-corrected chi connectivity index (χ0v) is 11.5. The fraction of sp³-hybridized carbons (Fsp3) is 0.214. The lowest BCUT2D eigenvalue weighted by Crippen LogP contribution is -2.44. The Morgan fingerprint density at radius 2 is 1.86 bits per heavy atom. The Labute approximate surface area is 124 Å². The molecule has 0 radical (unpaired) electrons. The number of hydrogen-bond acceptors (Lipinski definition) is 5. The Bertz CT molecular complexity index is 755. The number of carbonyl (C=O) groups is 5. The molecule has 1 aromatic rings. The van der Waals surface area contributed by atoms with Crippen LogP contribution in [0.5, 0.6) is 0 Å². The van der Waals surface area contributed by atoms with Crippen LogP contribution in [0.3, 0.4) is 0 Å². The van der Waals surface area contributed by atoms with E-state index in [-0.39, 0.29) is 23.5 Å². The maximum atomic E-state index is 12.4. The minimum atomic E-state index is -1.12. The summed E-state index contributed by atoms with van der Waals surface area (Å²) >= 11 is 0. The molecular weight excluding hydrogens is 290 g/mol. The maximum Gasteiger partial charge on any atom is 0.262 e. The highest BCUT2D eigenvalue weighted by molar-refractivity contribution is 6.24. The Morgan fingerprint density at radius 3 is 2.45 bits per heavy atom. The highest BCUT2D eigenvalue weighted by Gasteiger charge is 2.46. The van der Waals surface area contributed by atoms with Crippen molar-refractivity contribution in [2.24, 2.45) is 0 Å². The molecule has 2 aliphatic rings. The summed E-state index contributed by atoms with van der Waals surface area (Å²) in [4.78, 5) is 59.5. The van der Waals surface area contributed by atoms with Gasteiger partial charge in [-0.15, -0.1) is 0 Å². The van der Waals surface area contributed by atoms with Crippen molar-refractivity contribution in [3.8, 4) is 0 Å². The number of fused-ring (bicyclic) bond motifs is 1. The highest BCUT2D eigenvalue weighted by Crippen LogP contribution is 2.29. The van der Waals surface area contributed by atoms with Crippen molar-refractivity contribution in [2.45, 2.75) is 19.4 Å². The molecule has 0 aliphatic carbocycles. The van der Waals surface area contributed by atoms with E-state index in [0.717, 1.165) is 4.90 Å². The largest absolute Gasteiger partial charge is 0.326 e. The molecule has 3 rings (SSSR count). The van der Waals surface area contributed by atoms with Crippen LogP contribution in [0.2, 0.25) is 0 Å². The van der Waals surface area contributed by atoms with Crippen molar-refractivity contribution in [2.75, 3.05) is 5.32 Å². The van der Waals surface area contributed by atoms with E-state index in [1.54, 1.807) is 0 Å². The van der Waals surface area contributed by atoms with Crippen LogP contribution in [0.4, 0.5) is 5.69 Å². The van der Waals surface area contributed by atoms with Crippen LogP contribution in [-0.4, -0.2) is 40.5 Å². The number of nitrogens with one attached hydrogen (secondary N) is 2. The van der Waals surface area contributed by atoms with Gasteiger partial charge in [-0.3, -0.25) is 34.2 Å². The van der Waals surface area contributed by atoms with Gasteiger partial charge in [0.25, 0.3) is 11.8 Å². The molecule has 0 aromatic heterocycles. The van der Waals surface area contributed by atoms with Gasteiger partial charge >= 0.3 is 0 Å². The summed E-state index contributed by atoms with van der Waals surface area (Å²) in [5.74, 6) is -2.77. The molecule has 5 amide bonds. The third-order valence-corrected chi connectivity index (χ3v) is 3.49. The van der Waals surface area contributed by atoms with Crippen molar-refractivity contribution in [3.63, 3.8) is 0 Å². The maximum absolute atomic E-state index is 12.4. The van der Waals surface area contributed by atoms with Crippen molar-refractivity contribution < 1.29 is 24.0 Å². The number of carbonyl (C=O) groups excluding carboxylic acids is 5. The van der Waals surface area contributed by atoms with E-state index in [1.807, 2.05) is 0 Å². The van der Waals surface area contributed by atoms with Crippen LogP contribution in [0.1, 0.15) is 34.1 Å². The molecule has 1 atom stereocenters. The number of benzene rings is 1. The topological polar surface area (TPSA) is 113 Å². The molecule has 22 heavy (non-hydrogen) atoms. The summed E-state index contributed by atoms with van der Waals surface area (Å²) in [5, 5.41) is 4.58. The van der Waals surface area contributed by atoms with Crippen LogP contribution in [0, 0.1) is 0 Å². The van der Waals surface area contributed by atoms with Crippen LogP contribution in [0.25, 0.3) is 0 Å². The first-order valence-corrected chi connectivity index (χ1v) is 6.51. The predicted octanol–water partition coefficient (Wildman–Crippen LogP) is -0.344. The number of nitrogens with zero attached hydrogens (tertiary/aromatic N) is 1. The average Bonchev–Trinajstić information content (AvgIpc) is 2.87. The second-order valence-electron chi connectivity index (χ2n) is 5.05. The van der Waals surface area contributed by atoms with E-state index < -0.39 is 29.7 Å². The minimum Gasteiger partial charge on any atom is -0.326 e. The Morgan fingerprint density at radius 1 is 1.18 bits per heavy atom. The predicted molar refractivity (Wildman–Crippen MR) is 72.8 cm³/mol. The van der Waals surface area contributed by atoms with E-state index in [9.17, 15) is 24.0 Å². The molecule has 2 aliphatic heterocycles. The van der Waals surface area contributed by atoms with Crippen LogP contribution < -0.4 is 10.6 Å². The number of amides is 5. The van der Waals surface area contributed by atoms with Crippen molar-refractivity contribution >= 4 is 35.2 Å². The van der Waals surface area contributed by atoms with E-state index >= 15 is 0 Å². The summed E-state index contributed by atoms with van der Waals surface area (Å²) in [6.45, 7) is 1.32. The molecule has 8 heteroatoms. The smallest absolute Gasteiger partial charge is 0.262 e. The fourth-order valence-electron chi connectivity index (χ4n) is 2.57. The molecule has 1 aromatic carbocycles. The van der Waals surface area contributed by atoms with Gasteiger partial charge in [0.05, 0.1) is 17.5 Å². The Kier molecular flexibility index (Phi) is 3.01. The lowest BCUT2D eigenvalue weighted by atomic mass is 10.1. The second-order valence-corrected chi connectivity index (χ2v) is 5.05.